The third kappa shape index (κ3) is 5.87. The van der Waals surface area contributed by atoms with Gasteiger partial charge in [0.1, 0.15) is 0 Å². The Bertz CT molecular complexity index is 196. The smallest absolute Gasteiger partial charge is 0.0220 e. The van der Waals surface area contributed by atoms with E-state index in [2.05, 4.69) is 65.7 Å². The van der Waals surface area contributed by atoms with E-state index in [0.717, 1.165) is 19.0 Å². The number of hydrogen-bond donors (Lipinski definition) is 1. The fourth-order valence-electron chi connectivity index (χ4n) is 2.12. The Hall–Kier alpha value is -0.0800. The number of nitrogens with zero attached hydrogens (tertiary/aromatic N) is 1. The van der Waals surface area contributed by atoms with Gasteiger partial charge in [-0.3, -0.25) is 0 Å². The molecule has 0 amide bonds. The van der Waals surface area contributed by atoms with Crippen LogP contribution in [0.1, 0.15) is 54.9 Å². The van der Waals surface area contributed by atoms with Gasteiger partial charge in [0.2, 0.25) is 0 Å². The van der Waals surface area contributed by atoms with Crippen LogP contribution in [0.15, 0.2) is 0 Å². The summed E-state index contributed by atoms with van der Waals surface area (Å²) in [5, 5.41) is 3.63. The van der Waals surface area contributed by atoms with Gasteiger partial charge < -0.3 is 10.2 Å². The number of rotatable bonds is 7. The van der Waals surface area contributed by atoms with Crippen LogP contribution in [0, 0.1) is 11.3 Å². The van der Waals surface area contributed by atoms with Crippen LogP contribution >= 0.6 is 0 Å². The monoisotopic (exact) mass is 242 g/mol. The Labute approximate surface area is 109 Å². The molecule has 0 aliphatic carbocycles. The molecule has 0 radical (unpaired) electrons. The predicted octanol–water partition coefficient (Wildman–Crippen LogP) is 3.38. The summed E-state index contributed by atoms with van der Waals surface area (Å²) in [6.07, 6.45) is 1.25. The van der Waals surface area contributed by atoms with E-state index in [1.165, 1.54) is 6.42 Å². The topological polar surface area (TPSA) is 15.3 Å². The Morgan fingerprint density at radius 2 is 1.65 bits per heavy atom. The van der Waals surface area contributed by atoms with E-state index in [1.54, 1.807) is 0 Å². The molecule has 0 aliphatic heterocycles. The predicted molar refractivity (Wildman–Crippen MR) is 78.5 cm³/mol. The zero-order valence-electron chi connectivity index (χ0n) is 13.3. The summed E-state index contributed by atoms with van der Waals surface area (Å²) >= 11 is 0. The average Bonchev–Trinajstić information content (AvgIpc) is 2.24. The molecule has 0 rings (SSSR count). The van der Waals surface area contributed by atoms with Gasteiger partial charge in [-0.15, -0.1) is 0 Å². The quantitative estimate of drug-likeness (QED) is 0.736. The molecule has 0 fully saturated rings. The first kappa shape index (κ1) is 16.9. The summed E-state index contributed by atoms with van der Waals surface area (Å²) < 4.78 is 0. The average molecular weight is 242 g/mol. The van der Waals surface area contributed by atoms with Gasteiger partial charge in [-0.2, -0.15) is 0 Å². The molecular formula is C15H34N2. The summed E-state index contributed by atoms with van der Waals surface area (Å²) in [5.74, 6) is 0.740. The third-order valence-corrected chi connectivity index (χ3v) is 4.20. The molecule has 0 aliphatic rings. The van der Waals surface area contributed by atoms with Crippen LogP contribution in [-0.2, 0) is 0 Å². The minimum atomic E-state index is 0.348. The maximum absolute atomic E-state index is 3.63. The molecule has 3 atom stereocenters. The maximum atomic E-state index is 3.63. The van der Waals surface area contributed by atoms with Crippen LogP contribution in [0.5, 0.6) is 0 Å². The molecule has 0 saturated carbocycles. The second kappa shape index (κ2) is 7.38. The highest BCUT2D eigenvalue weighted by Crippen LogP contribution is 2.23. The molecule has 17 heavy (non-hydrogen) atoms. The van der Waals surface area contributed by atoms with Crippen molar-refractivity contribution < 1.29 is 0 Å². The van der Waals surface area contributed by atoms with Gasteiger partial charge in [0.15, 0.2) is 0 Å². The summed E-state index contributed by atoms with van der Waals surface area (Å²) in [5.41, 5.74) is 0.348. The lowest BCUT2D eigenvalue weighted by Crippen LogP contribution is -2.49. The van der Waals surface area contributed by atoms with E-state index in [9.17, 15) is 0 Å². The van der Waals surface area contributed by atoms with Crippen LogP contribution in [0.3, 0.4) is 0 Å². The third-order valence-electron chi connectivity index (χ3n) is 4.20. The van der Waals surface area contributed by atoms with Crippen molar-refractivity contribution in [3.8, 4) is 0 Å². The summed E-state index contributed by atoms with van der Waals surface area (Å²) in [4.78, 5) is 2.50. The Morgan fingerprint density at radius 3 is 2.00 bits per heavy atom. The first-order chi connectivity index (χ1) is 7.73. The molecule has 3 unspecified atom stereocenters. The molecule has 2 heteroatoms. The van der Waals surface area contributed by atoms with Crippen molar-refractivity contribution in [3.63, 3.8) is 0 Å². The lowest BCUT2D eigenvalue weighted by molar-refractivity contribution is 0.119. The molecule has 0 heterocycles. The Morgan fingerprint density at radius 1 is 1.12 bits per heavy atom. The van der Waals surface area contributed by atoms with Crippen molar-refractivity contribution in [2.45, 2.75) is 67.0 Å². The molecule has 1 N–H and O–H groups in total. The molecule has 0 saturated heterocycles. The van der Waals surface area contributed by atoms with Gasteiger partial charge in [-0.25, -0.2) is 0 Å². The van der Waals surface area contributed by atoms with Crippen LogP contribution in [0.25, 0.3) is 0 Å². The van der Waals surface area contributed by atoms with Crippen molar-refractivity contribution in [3.05, 3.63) is 0 Å². The van der Waals surface area contributed by atoms with E-state index in [1.807, 2.05) is 0 Å². The molecule has 0 aromatic heterocycles. The molecule has 0 aromatic carbocycles. The summed E-state index contributed by atoms with van der Waals surface area (Å²) in [6, 6.07) is 1.22. The minimum absolute atomic E-state index is 0.348. The molecule has 0 aromatic rings. The SMILES string of the molecule is CCNC(CN(C)C(C)C(C)(C)C)C(C)CC. The van der Waals surface area contributed by atoms with Crippen LogP contribution in [-0.4, -0.2) is 37.1 Å². The van der Waals surface area contributed by atoms with E-state index in [-0.39, 0.29) is 0 Å². The van der Waals surface area contributed by atoms with Crippen molar-refractivity contribution in [2.75, 3.05) is 20.1 Å². The largest absolute Gasteiger partial charge is 0.313 e. The summed E-state index contributed by atoms with van der Waals surface area (Å²) in [6.45, 7) is 18.3. The number of hydrogen-bond acceptors (Lipinski definition) is 2. The maximum Gasteiger partial charge on any atom is 0.0220 e. The van der Waals surface area contributed by atoms with Crippen molar-refractivity contribution in [2.24, 2.45) is 11.3 Å². The number of likely N-dealkylation sites (N-methyl/N-ethyl adjacent to an activating group) is 2. The van der Waals surface area contributed by atoms with Gasteiger partial charge in [0.25, 0.3) is 0 Å². The summed E-state index contributed by atoms with van der Waals surface area (Å²) in [7, 11) is 2.25. The normalized spacial score (nSPS) is 18.2. The van der Waals surface area contributed by atoms with Gasteiger partial charge in [0.05, 0.1) is 0 Å². The molecular weight excluding hydrogens is 208 g/mol. The van der Waals surface area contributed by atoms with E-state index >= 15 is 0 Å². The van der Waals surface area contributed by atoms with E-state index < -0.39 is 0 Å². The van der Waals surface area contributed by atoms with Gasteiger partial charge in [-0.1, -0.05) is 48.0 Å². The lowest BCUT2D eigenvalue weighted by Gasteiger charge is -2.38. The Balaban J connectivity index is 4.44. The molecule has 0 bridgehead atoms. The first-order valence-corrected chi connectivity index (χ1v) is 7.17. The molecule has 2 nitrogen and oxygen atoms in total. The number of nitrogens with one attached hydrogen (secondary N) is 1. The van der Waals surface area contributed by atoms with Gasteiger partial charge >= 0.3 is 0 Å². The van der Waals surface area contributed by atoms with Gasteiger partial charge in [0, 0.05) is 18.6 Å². The first-order valence-electron chi connectivity index (χ1n) is 7.17. The second-order valence-corrected chi connectivity index (χ2v) is 6.53. The van der Waals surface area contributed by atoms with Crippen molar-refractivity contribution >= 4 is 0 Å². The van der Waals surface area contributed by atoms with Crippen LogP contribution in [0.2, 0.25) is 0 Å². The highest BCUT2D eigenvalue weighted by molar-refractivity contribution is 4.82. The highest BCUT2D eigenvalue weighted by Gasteiger charge is 2.26. The zero-order chi connectivity index (χ0) is 13.6. The van der Waals surface area contributed by atoms with Crippen LogP contribution < -0.4 is 5.32 Å². The fourth-order valence-corrected chi connectivity index (χ4v) is 2.12. The lowest BCUT2D eigenvalue weighted by atomic mass is 9.86. The van der Waals surface area contributed by atoms with Crippen LogP contribution in [0.4, 0.5) is 0 Å². The zero-order valence-corrected chi connectivity index (χ0v) is 13.3. The second-order valence-electron chi connectivity index (χ2n) is 6.53. The van der Waals surface area contributed by atoms with Crippen molar-refractivity contribution in [1.29, 1.82) is 0 Å². The van der Waals surface area contributed by atoms with E-state index in [0.29, 0.717) is 17.5 Å². The van der Waals surface area contributed by atoms with Gasteiger partial charge in [-0.05, 0) is 31.8 Å². The standard InChI is InChI=1S/C15H34N2/c1-9-12(3)14(16-10-2)11-17(8)13(4)15(5,6)7/h12-14,16H,9-11H2,1-8H3. The highest BCUT2D eigenvalue weighted by atomic mass is 15.2. The fraction of sp³-hybridized carbons (Fsp3) is 1.00. The van der Waals surface area contributed by atoms with Crippen molar-refractivity contribution in [1.82, 2.24) is 10.2 Å². The molecule has 0 spiro atoms. The van der Waals surface area contributed by atoms with E-state index in [4.69, 9.17) is 0 Å². The Kier molecular flexibility index (Phi) is 7.34. The minimum Gasteiger partial charge on any atom is -0.313 e. The molecule has 104 valence electrons.